The number of amides is 3. The van der Waals surface area contributed by atoms with E-state index in [0.717, 1.165) is 47.0 Å². The Bertz CT molecular complexity index is 1230. The lowest BCUT2D eigenvalue weighted by Crippen LogP contribution is -2.52. The number of nitrogens with one attached hydrogen (secondary N) is 1. The molecule has 2 aliphatic rings. The number of carbonyl (C=O) groups is 3. The van der Waals surface area contributed by atoms with Crippen molar-refractivity contribution < 1.29 is 19.1 Å². The van der Waals surface area contributed by atoms with Crippen molar-refractivity contribution in [2.75, 3.05) is 6.61 Å². The summed E-state index contributed by atoms with van der Waals surface area (Å²) >= 11 is 0. The molecule has 2 aliphatic heterocycles. The van der Waals surface area contributed by atoms with Gasteiger partial charge in [0.05, 0.1) is 12.1 Å². The molecule has 168 valence electrons. The number of aromatic nitrogens is 1. The van der Waals surface area contributed by atoms with Gasteiger partial charge in [0.2, 0.25) is 11.8 Å². The third kappa shape index (κ3) is 4.18. The van der Waals surface area contributed by atoms with Crippen molar-refractivity contribution in [2.45, 2.75) is 44.7 Å². The molecular formula is C26H25N3O4. The van der Waals surface area contributed by atoms with Gasteiger partial charge >= 0.3 is 0 Å². The van der Waals surface area contributed by atoms with E-state index >= 15 is 0 Å². The summed E-state index contributed by atoms with van der Waals surface area (Å²) in [5, 5.41) is 3.36. The standard InChI is InChI=1S/C26H25N3O4/c30-24-12-11-22(25(31)28-24)29-16-20-17(7-5-9-18(20)26(29)32)6-3-4-15-33-23-13-14-27-21-10-2-1-8-19(21)23/h1-2,5,7-10,13-14,22H,3-4,6,11-12,15-16H2,(H,28,30,31). The minimum atomic E-state index is -0.584. The van der Waals surface area contributed by atoms with Gasteiger partial charge in [0, 0.05) is 30.1 Å². The number of benzene rings is 2. The van der Waals surface area contributed by atoms with Crippen molar-refractivity contribution in [1.82, 2.24) is 15.2 Å². The Labute approximate surface area is 191 Å². The number of pyridine rings is 1. The zero-order chi connectivity index (χ0) is 22.8. The van der Waals surface area contributed by atoms with Crippen molar-refractivity contribution in [3.8, 4) is 5.75 Å². The van der Waals surface area contributed by atoms with Gasteiger partial charge in [-0.25, -0.2) is 0 Å². The molecule has 3 heterocycles. The lowest BCUT2D eigenvalue weighted by Gasteiger charge is -2.29. The van der Waals surface area contributed by atoms with Crippen LogP contribution in [0, 0.1) is 0 Å². The van der Waals surface area contributed by atoms with Gasteiger partial charge in [0.1, 0.15) is 11.8 Å². The van der Waals surface area contributed by atoms with Gasteiger partial charge in [-0.05, 0) is 61.1 Å². The predicted octanol–water partition coefficient (Wildman–Crippen LogP) is 3.40. The van der Waals surface area contributed by atoms with Crippen molar-refractivity contribution >= 4 is 28.6 Å². The van der Waals surface area contributed by atoms with Crippen LogP contribution < -0.4 is 10.1 Å². The van der Waals surface area contributed by atoms with Gasteiger partial charge in [0.15, 0.2) is 0 Å². The molecule has 1 aromatic heterocycles. The number of piperidine rings is 1. The molecule has 0 spiro atoms. The van der Waals surface area contributed by atoms with E-state index < -0.39 is 6.04 Å². The van der Waals surface area contributed by atoms with Crippen LogP contribution in [0.1, 0.15) is 47.2 Å². The number of para-hydroxylation sites is 1. The second kappa shape index (κ2) is 9.02. The predicted molar refractivity (Wildman–Crippen MR) is 123 cm³/mol. The molecular weight excluding hydrogens is 418 g/mol. The van der Waals surface area contributed by atoms with Crippen LogP contribution in [0.15, 0.2) is 54.7 Å². The summed E-state index contributed by atoms with van der Waals surface area (Å²) in [6.07, 6.45) is 5.03. The summed E-state index contributed by atoms with van der Waals surface area (Å²) < 4.78 is 6.01. The van der Waals surface area contributed by atoms with E-state index in [1.807, 2.05) is 42.5 Å². The van der Waals surface area contributed by atoms with Crippen LogP contribution in [-0.4, -0.2) is 40.3 Å². The molecule has 2 aromatic carbocycles. The zero-order valence-corrected chi connectivity index (χ0v) is 18.3. The lowest BCUT2D eigenvalue weighted by molar-refractivity contribution is -0.136. The first kappa shape index (κ1) is 21.1. The van der Waals surface area contributed by atoms with Crippen molar-refractivity contribution in [3.63, 3.8) is 0 Å². The summed E-state index contributed by atoms with van der Waals surface area (Å²) in [5.41, 5.74) is 3.70. The molecule has 7 heteroatoms. The maximum atomic E-state index is 13.0. The van der Waals surface area contributed by atoms with Crippen LogP contribution in [0.2, 0.25) is 0 Å². The molecule has 0 aliphatic carbocycles. The van der Waals surface area contributed by atoms with Crippen LogP contribution in [0.4, 0.5) is 0 Å². The monoisotopic (exact) mass is 443 g/mol. The average molecular weight is 444 g/mol. The molecule has 0 bridgehead atoms. The average Bonchev–Trinajstić information content (AvgIpc) is 3.16. The Hall–Kier alpha value is -3.74. The van der Waals surface area contributed by atoms with E-state index in [2.05, 4.69) is 16.4 Å². The normalized spacial score (nSPS) is 17.9. The van der Waals surface area contributed by atoms with Gasteiger partial charge in [0.25, 0.3) is 5.91 Å². The van der Waals surface area contributed by atoms with Crippen LogP contribution in [0.25, 0.3) is 10.9 Å². The molecule has 33 heavy (non-hydrogen) atoms. The molecule has 5 rings (SSSR count). The summed E-state index contributed by atoms with van der Waals surface area (Å²) in [6.45, 7) is 1.01. The Morgan fingerprint density at radius 2 is 1.91 bits per heavy atom. The third-order valence-electron chi connectivity index (χ3n) is 6.39. The number of rotatable bonds is 7. The molecule has 0 saturated carbocycles. The fraction of sp³-hybridized carbons (Fsp3) is 0.308. The number of fused-ring (bicyclic) bond motifs is 2. The summed E-state index contributed by atoms with van der Waals surface area (Å²) in [5.74, 6) is 0.0544. The molecule has 7 nitrogen and oxygen atoms in total. The first-order valence-electron chi connectivity index (χ1n) is 11.3. The van der Waals surface area contributed by atoms with Crippen molar-refractivity contribution in [3.05, 3.63) is 71.4 Å². The van der Waals surface area contributed by atoms with E-state index in [0.29, 0.717) is 25.1 Å². The summed E-state index contributed by atoms with van der Waals surface area (Å²) in [6, 6.07) is 15.0. The molecule has 1 fully saturated rings. The number of hydrogen-bond acceptors (Lipinski definition) is 5. The van der Waals surface area contributed by atoms with Crippen LogP contribution in [0.5, 0.6) is 5.75 Å². The Balaban J connectivity index is 1.19. The molecule has 1 unspecified atom stereocenters. The van der Waals surface area contributed by atoms with E-state index in [1.54, 1.807) is 11.1 Å². The molecule has 3 amide bonds. The molecule has 0 radical (unpaired) electrons. The highest BCUT2D eigenvalue weighted by molar-refractivity contribution is 6.05. The maximum Gasteiger partial charge on any atom is 0.255 e. The van der Waals surface area contributed by atoms with Gasteiger partial charge in [-0.1, -0.05) is 24.3 Å². The number of hydrogen-bond donors (Lipinski definition) is 1. The second-order valence-corrected chi connectivity index (χ2v) is 8.48. The first-order valence-corrected chi connectivity index (χ1v) is 11.3. The van der Waals surface area contributed by atoms with Crippen molar-refractivity contribution in [2.24, 2.45) is 0 Å². The second-order valence-electron chi connectivity index (χ2n) is 8.48. The minimum Gasteiger partial charge on any atom is -0.493 e. The number of carbonyl (C=O) groups excluding carboxylic acids is 3. The molecule has 1 atom stereocenters. The zero-order valence-electron chi connectivity index (χ0n) is 18.3. The quantitative estimate of drug-likeness (QED) is 0.447. The number of ether oxygens (including phenoxy) is 1. The molecule has 1 N–H and O–H groups in total. The number of nitrogens with zero attached hydrogens (tertiary/aromatic N) is 2. The minimum absolute atomic E-state index is 0.130. The Kier molecular flexibility index (Phi) is 5.77. The van der Waals surface area contributed by atoms with Crippen LogP contribution >= 0.6 is 0 Å². The molecule has 1 saturated heterocycles. The third-order valence-corrected chi connectivity index (χ3v) is 6.39. The first-order chi connectivity index (χ1) is 16.1. The fourth-order valence-corrected chi connectivity index (χ4v) is 4.68. The van der Waals surface area contributed by atoms with E-state index in [1.165, 1.54) is 0 Å². The van der Waals surface area contributed by atoms with E-state index in [9.17, 15) is 14.4 Å². The SMILES string of the molecule is O=C1CCC(N2Cc3c(CCCCOc4ccnc5ccccc45)cccc3C2=O)C(=O)N1. The highest BCUT2D eigenvalue weighted by Gasteiger charge is 2.39. The van der Waals surface area contributed by atoms with E-state index in [4.69, 9.17) is 4.74 Å². The summed E-state index contributed by atoms with van der Waals surface area (Å²) in [4.78, 5) is 42.7. The van der Waals surface area contributed by atoms with Gasteiger partial charge in [-0.2, -0.15) is 0 Å². The van der Waals surface area contributed by atoms with Crippen LogP contribution in [0.3, 0.4) is 0 Å². The summed E-state index contributed by atoms with van der Waals surface area (Å²) in [7, 11) is 0. The number of unbranched alkanes of at least 4 members (excludes halogenated alkanes) is 1. The molecule has 3 aromatic rings. The number of imide groups is 1. The fourth-order valence-electron chi connectivity index (χ4n) is 4.68. The Morgan fingerprint density at radius 3 is 2.79 bits per heavy atom. The van der Waals surface area contributed by atoms with E-state index in [-0.39, 0.29) is 24.1 Å². The Morgan fingerprint density at radius 1 is 1.03 bits per heavy atom. The smallest absolute Gasteiger partial charge is 0.255 e. The van der Waals surface area contributed by atoms with Crippen molar-refractivity contribution in [1.29, 1.82) is 0 Å². The van der Waals surface area contributed by atoms with Crippen LogP contribution in [-0.2, 0) is 22.6 Å². The largest absolute Gasteiger partial charge is 0.493 e. The highest BCUT2D eigenvalue weighted by Crippen LogP contribution is 2.30. The topological polar surface area (TPSA) is 88.6 Å². The van der Waals surface area contributed by atoms with Gasteiger partial charge in [-0.15, -0.1) is 0 Å². The van der Waals surface area contributed by atoms with Gasteiger partial charge < -0.3 is 9.64 Å². The highest BCUT2D eigenvalue weighted by atomic mass is 16.5. The number of aryl methyl sites for hydroxylation is 1. The maximum absolute atomic E-state index is 13.0. The lowest BCUT2D eigenvalue weighted by atomic mass is 9.99. The van der Waals surface area contributed by atoms with Gasteiger partial charge in [-0.3, -0.25) is 24.7 Å².